The van der Waals surface area contributed by atoms with Gasteiger partial charge in [0.25, 0.3) is 0 Å². The molecule has 0 aliphatic carbocycles. The van der Waals surface area contributed by atoms with Gasteiger partial charge in [-0.3, -0.25) is 9.47 Å². The average Bonchev–Trinajstić information content (AvgIpc) is 3.19. The van der Waals surface area contributed by atoms with E-state index in [1.54, 1.807) is 12.3 Å². The number of para-hydroxylation sites is 1. The topological polar surface area (TPSA) is 66.3 Å². The molecule has 1 saturated heterocycles. The molecule has 0 atom stereocenters. The molecule has 2 amide bonds. The van der Waals surface area contributed by atoms with Crippen molar-refractivity contribution < 1.29 is 9.18 Å². The molecule has 1 aliphatic rings. The van der Waals surface area contributed by atoms with E-state index < -0.39 is 0 Å². The number of urea groups is 1. The molecule has 0 radical (unpaired) electrons. The van der Waals surface area contributed by atoms with E-state index in [0.717, 1.165) is 35.7 Å². The van der Waals surface area contributed by atoms with Crippen molar-refractivity contribution in [3.05, 3.63) is 84.1 Å². The van der Waals surface area contributed by atoms with E-state index in [0.29, 0.717) is 31.0 Å². The molecule has 3 heterocycles. The van der Waals surface area contributed by atoms with Crippen molar-refractivity contribution in [1.82, 2.24) is 24.3 Å². The number of fused-ring (bicyclic) bond motifs is 1. The minimum Gasteiger partial charge on any atom is -0.322 e. The summed E-state index contributed by atoms with van der Waals surface area (Å²) < 4.78 is 15.9. The molecule has 5 rings (SSSR count). The number of carbonyl (C=O) groups is 1. The maximum absolute atomic E-state index is 13.9. The van der Waals surface area contributed by atoms with Crippen LogP contribution in [0.4, 0.5) is 14.9 Å². The van der Waals surface area contributed by atoms with Crippen molar-refractivity contribution in [3.8, 4) is 5.69 Å². The number of hydrogen-bond donors (Lipinski definition) is 1. The van der Waals surface area contributed by atoms with E-state index in [1.165, 1.54) is 12.1 Å². The number of aromatic nitrogens is 3. The molecule has 8 heteroatoms. The largest absolute Gasteiger partial charge is 0.322 e. The highest BCUT2D eigenvalue weighted by Crippen LogP contribution is 2.22. The van der Waals surface area contributed by atoms with Gasteiger partial charge in [0.1, 0.15) is 17.2 Å². The quantitative estimate of drug-likeness (QED) is 0.512. The third-order valence-corrected chi connectivity index (χ3v) is 5.96. The van der Waals surface area contributed by atoms with Crippen LogP contribution in [-0.4, -0.2) is 56.5 Å². The molecule has 4 aromatic rings. The monoisotopic (exact) mass is 444 g/mol. The van der Waals surface area contributed by atoms with Gasteiger partial charge in [-0.15, -0.1) is 0 Å². The zero-order valence-corrected chi connectivity index (χ0v) is 18.4. The second-order valence-electron chi connectivity index (χ2n) is 8.20. The minimum absolute atomic E-state index is 0.0832. The number of carbonyl (C=O) groups excluding carboxylic acids is 1. The summed E-state index contributed by atoms with van der Waals surface area (Å²) in [6.07, 6.45) is 1.72. The van der Waals surface area contributed by atoms with Gasteiger partial charge in [-0.05, 0) is 48.9 Å². The summed E-state index contributed by atoms with van der Waals surface area (Å²) in [5.74, 6) is 0.497. The highest BCUT2D eigenvalue weighted by Gasteiger charge is 2.24. The summed E-state index contributed by atoms with van der Waals surface area (Å²) >= 11 is 0. The van der Waals surface area contributed by atoms with Crippen LogP contribution in [-0.2, 0) is 6.54 Å². The van der Waals surface area contributed by atoms with Crippen LogP contribution in [0.5, 0.6) is 0 Å². The van der Waals surface area contributed by atoms with E-state index >= 15 is 0 Å². The van der Waals surface area contributed by atoms with Crippen LogP contribution in [0.1, 0.15) is 11.4 Å². The second-order valence-corrected chi connectivity index (χ2v) is 8.20. The number of anilines is 1. The number of piperazine rings is 1. The molecule has 1 N–H and O–H groups in total. The Morgan fingerprint density at radius 1 is 1.03 bits per heavy atom. The fourth-order valence-corrected chi connectivity index (χ4v) is 4.17. The summed E-state index contributed by atoms with van der Waals surface area (Å²) in [5.41, 5.74) is 4.04. The maximum atomic E-state index is 13.9. The summed E-state index contributed by atoms with van der Waals surface area (Å²) in [6.45, 7) is 5.25. The third-order valence-electron chi connectivity index (χ3n) is 5.96. The lowest BCUT2D eigenvalue weighted by Crippen LogP contribution is -2.49. The normalized spacial score (nSPS) is 14.5. The number of benzene rings is 2. The van der Waals surface area contributed by atoms with Gasteiger partial charge in [-0.2, -0.15) is 0 Å². The van der Waals surface area contributed by atoms with E-state index in [1.807, 2.05) is 58.9 Å². The first-order valence-electron chi connectivity index (χ1n) is 11.0. The number of nitrogens with zero attached hydrogens (tertiary/aromatic N) is 5. The molecule has 0 unspecified atom stereocenters. The molecule has 1 fully saturated rings. The van der Waals surface area contributed by atoms with E-state index in [4.69, 9.17) is 4.98 Å². The fourth-order valence-electron chi connectivity index (χ4n) is 4.17. The van der Waals surface area contributed by atoms with Crippen LogP contribution in [0.15, 0.2) is 66.9 Å². The Morgan fingerprint density at radius 3 is 2.64 bits per heavy atom. The predicted octanol–water partition coefficient (Wildman–Crippen LogP) is 4.22. The van der Waals surface area contributed by atoms with E-state index in [2.05, 4.69) is 15.2 Å². The first-order valence-corrected chi connectivity index (χ1v) is 11.0. The number of hydrogen-bond acceptors (Lipinski definition) is 4. The molecule has 2 aromatic carbocycles. The minimum atomic E-state index is -0.301. The molecule has 1 aliphatic heterocycles. The SMILES string of the molecule is Cc1ccccc1NC(=O)N1CCN(Cc2nc3cccnc3n2-c2cccc(F)c2)CC1. The highest BCUT2D eigenvalue weighted by atomic mass is 19.1. The maximum Gasteiger partial charge on any atom is 0.321 e. The predicted molar refractivity (Wildman–Crippen MR) is 126 cm³/mol. The molecule has 168 valence electrons. The van der Waals surface area contributed by atoms with Gasteiger partial charge < -0.3 is 10.2 Å². The summed E-state index contributed by atoms with van der Waals surface area (Å²) in [6, 6.07) is 17.9. The Hall–Kier alpha value is -3.78. The summed E-state index contributed by atoms with van der Waals surface area (Å²) in [4.78, 5) is 26.1. The first kappa shape index (κ1) is 21.1. The Morgan fingerprint density at radius 2 is 1.85 bits per heavy atom. The number of nitrogens with one attached hydrogen (secondary N) is 1. The highest BCUT2D eigenvalue weighted by molar-refractivity contribution is 5.90. The first-order chi connectivity index (χ1) is 16.1. The molecule has 0 spiro atoms. The molecule has 33 heavy (non-hydrogen) atoms. The fraction of sp³-hybridized carbons (Fsp3) is 0.240. The van der Waals surface area contributed by atoms with Crippen molar-refractivity contribution in [2.75, 3.05) is 31.5 Å². The molecular weight excluding hydrogens is 419 g/mol. The third kappa shape index (κ3) is 4.42. The van der Waals surface area contributed by atoms with Gasteiger partial charge in [-0.1, -0.05) is 24.3 Å². The Labute approximate surface area is 191 Å². The summed E-state index contributed by atoms with van der Waals surface area (Å²) in [5, 5.41) is 3.01. The van der Waals surface area contributed by atoms with Crippen LogP contribution in [0.3, 0.4) is 0 Å². The Balaban J connectivity index is 1.30. The van der Waals surface area contributed by atoms with Crippen LogP contribution in [0.25, 0.3) is 16.9 Å². The van der Waals surface area contributed by atoms with Crippen LogP contribution < -0.4 is 5.32 Å². The van der Waals surface area contributed by atoms with E-state index in [-0.39, 0.29) is 11.8 Å². The zero-order chi connectivity index (χ0) is 22.8. The smallest absolute Gasteiger partial charge is 0.321 e. The van der Waals surface area contributed by atoms with Gasteiger partial charge in [0, 0.05) is 38.1 Å². The lowest BCUT2D eigenvalue weighted by Gasteiger charge is -2.34. The second kappa shape index (κ2) is 8.99. The summed E-state index contributed by atoms with van der Waals surface area (Å²) in [7, 11) is 0. The lowest BCUT2D eigenvalue weighted by molar-refractivity contribution is 0.140. The molecule has 7 nitrogen and oxygen atoms in total. The number of amides is 2. The number of pyridine rings is 1. The van der Waals surface area contributed by atoms with Crippen LogP contribution in [0.2, 0.25) is 0 Å². The number of halogens is 1. The van der Waals surface area contributed by atoms with Crippen molar-refractivity contribution in [1.29, 1.82) is 0 Å². The van der Waals surface area contributed by atoms with Gasteiger partial charge >= 0.3 is 6.03 Å². The molecule has 0 bridgehead atoms. The molecule has 0 saturated carbocycles. The van der Waals surface area contributed by atoms with Crippen molar-refractivity contribution in [2.45, 2.75) is 13.5 Å². The standard InChI is InChI=1S/C25H25FN6O/c1-18-6-2-3-9-21(18)29-25(33)31-14-12-30(13-15-31)17-23-28-22-10-5-11-27-24(22)32(23)20-8-4-7-19(26)16-20/h2-11,16H,12-15,17H2,1H3,(H,29,33). The number of imidazole rings is 1. The number of rotatable bonds is 4. The Bertz CT molecular complexity index is 1300. The van der Waals surface area contributed by atoms with Crippen LogP contribution >= 0.6 is 0 Å². The van der Waals surface area contributed by atoms with Crippen molar-refractivity contribution >= 4 is 22.9 Å². The Kier molecular flexibility index (Phi) is 5.75. The molecule has 2 aromatic heterocycles. The van der Waals surface area contributed by atoms with Crippen LogP contribution in [0, 0.1) is 12.7 Å². The molecular formula is C25H25FN6O. The average molecular weight is 445 g/mol. The van der Waals surface area contributed by atoms with Gasteiger partial charge in [0.15, 0.2) is 5.65 Å². The van der Waals surface area contributed by atoms with E-state index in [9.17, 15) is 9.18 Å². The van der Waals surface area contributed by atoms with Gasteiger partial charge in [0.2, 0.25) is 0 Å². The van der Waals surface area contributed by atoms with Crippen molar-refractivity contribution in [3.63, 3.8) is 0 Å². The number of aryl methyl sites for hydroxylation is 1. The zero-order valence-electron chi connectivity index (χ0n) is 18.4. The van der Waals surface area contributed by atoms with Gasteiger partial charge in [0.05, 0.1) is 12.2 Å². The van der Waals surface area contributed by atoms with Gasteiger partial charge in [-0.25, -0.2) is 19.2 Å². The van der Waals surface area contributed by atoms with Crippen molar-refractivity contribution in [2.24, 2.45) is 0 Å². The lowest BCUT2D eigenvalue weighted by atomic mass is 10.2.